The van der Waals surface area contributed by atoms with Crippen LogP contribution in [0.2, 0.25) is 0 Å². The molecule has 96 valence electrons. The number of hydrogen-bond acceptors (Lipinski definition) is 5. The van der Waals surface area contributed by atoms with Crippen LogP contribution in [0.3, 0.4) is 0 Å². The van der Waals surface area contributed by atoms with E-state index in [1.54, 1.807) is 18.2 Å². The number of carbonyl (C=O) groups excluding carboxylic acids is 1. The molecule has 0 spiro atoms. The molecule has 1 aliphatic heterocycles. The van der Waals surface area contributed by atoms with E-state index < -0.39 is 16.8 Å². The predicted octanol–water partition coefficient (Wildman–Crippen LogP) is -2.43. The molecule has 7 heteroatoms. The van der Waals surface area contributed by atoms with Crippen molar-refractivity contribution in [2.75, 3.05) is 18.0 Å². The third-order valence-electron chi connectivity index (χ3n) is 3.25. The maximum Gasteiger partial charge on any atom is 1.00 e. The van der Waals surface area contributed by atoms with Crippen molar-refractivity contribution < 1.29 is 66.2 Å². The van der Waals surface area contributed by atoms with Crippen LogP contribution in [0.1, 0.15) is 12.8 Å². The summed E-state index contributed by atoms with van der Waals surface area (Å²) in [5.41, 5.74) is 0.615. The summed E-state index contributed by atoms with van der Waals surface area (Å²) < 4.78 is 0. The summed E-state index contributed by atoms with van der Waals surface area (Å²) in [6.45, 7) is 1.01. The summed E-state index contributed by atoms with van der Waals surface area (Å²) >= 11 is 0. The molecule has 0 aromatic heterocycles. The van der Waals surface area contributed by atoms with Crippen LogP contribution in [0.15, 0.2) is 24.3 Å². The van der Waals surface area contributed by atoms with Gasteiger partial charge >= 0.3 is 51.4 Å². The first-order chi connectivity index (χ1) is 8.59. The molecule has 19 heavy (non-hydrogen) atoms. The minimum atomic E-state index is -1.03. The van der Waals surface area contributed by atoms with Crippen molar-refractivity contribution in [3.05, 3.63) is 34.4 Å². The molecule has 0 N–H and O–H groups in total. The van der Waals surface area contributed by atoms with E-state index in [9.17, 15) is 20.0 Å². The number of carboxylic acids is 1. The van der Waals surface area contributed by atoms with Gasteiger partial charge in [0.05, 0.1) is 4.92 Å². The van der Waals surface area contributed by atoms with E-state index in [1.807, 2.05) is 4.90 Å². The Hall–Kier alpha value is -0.474. The van der Waals surface area contributed by atoms with E-state index in [-0.39, 0.29) is 57.1 Å². The number of benzene rings is 1. The van der Waals surface area contributed by atoms with Crippen molar-refractivity contribution in [3.8, 4) is 0 Å². The largest absolute Gasteiger partial charge is 1.00 e. The monoisotopic (exact) mass is 288 g/mol. The Kier molecular flexibility index (Phi) is 6.41. The van der Waals surface area contributed by atoms with Gasteiger partial charge in [-0.25, -0.2) is 0 Å². The third-order valence-corrected chi connectivity index (χ3v) is 3.25. The summed E-state index contributed by atoms with van der Waals surface area (Å²) in [4.78, 5) is 23.1. The van der Waals surface area contributed by atoms with Crippen LogP contribution in [0, 0.1) is 16.0 Å². The second kappa shape index (κ2) is 7.35. The molecule has 1 saturated heterocycles. The summed E-state index contributed by atoms with van der Waals surface area (Å²) in [6.07, 6.45) is 0.933. The maximum absolute atomic E-state index is 10.9. The van der Waals surface area contributed by atoms with Gasteiger partial charge in [-0.1, -0.05) is 12.1 Å². The first kappa shape index (κ1) is 16.6. The Bertz CT molecular complexity index is 473. The van der Waals surface area contributed by atoms with Crippen LogP contribution < -0.4 is 61.4 Å². The van der Waals surface area contributed by atoms with E-state index in [0.717, 1.165) is 0 Å². The number of aliphatic carboxylic acids is 1. The van der Waals surface area contributed by atoms with Crippen molar-refractivity contribution >= 4 is 17.3 Å². The molecule has 1 heterocycles. The van der Waals surface area contributed by atoms with E-state index in [1.165, 1.54) is 6.07 Å². The maximum atomic E-state index is 10.9. The predicted molar refractivity (Wildman–Crippen MR) is 63.0 cm³/mol. The summed E-state index contributed by atoms with van der Waals surface area (Å²) in [6, 6.07) is 6.51. The van der Waals surface area contributed by atoms with Crippen LogP contribution >= 0.6 is 0 Å². The molecule has 2 rings (SSSR count). The topological polar surface area (TPSA) is 86.5 Å². The average molecular weight is 288 g/mol. The van der Waals surface area contributed by atoms with Crippen molar-refractivity contribution in [1.82, 2.24) is 0 Å². The number of rotatable bonds is 3. The third kappa shape index (κ3) is 3.99. The number of carboxylic acid groups (broad SMARTS) is 1. The van der Waals surface area contributed by atoms with Gasteiger partial charge in [-0.05, 0) is 18.9 Å². The molecule has 0 saturated carbocycles. The minimum Gasteiger partial charge on any atom is -0.550 e. The van der Waals surface area contributed by atoms with E-state index >= 15 is 0 Å². The van der Waals surface area contributed by atoms with Crippen LogP contribution in [0.25, 0.3) is 0 Å². The van der Waals surface area contributed by atoms with Crippen LogP contribution in [0.5, 0.6) is 0 Å². The van der Waals surface area contributed by atoms with Gasteiger partial charge in [0.1, 0.15) is 5.69 Å². The molecular formula is C12H13KN2O4. The number of hydrogen-bond donors (Lipinski definition) is 0. The number of carbonyl (C=O) groups is 1. The number of piperidine rings is 1. The SMILES string of the molecule is O=C([O-])C1CCN(c2ccccc2[N+](=O)[O-])CC1.[K+]. The van der Waals surface area contributed by atoms with Gasteiger partial charge in [0.15, 0.2) is 0 Å². The summed E-state index contributed by atoms with van der Waals surface area (Å²) in [5.74, 6) is -1.47. The Morgan fingerprint density at radius 2 is 1.84 bits per heavy atom. The molecule has 1 aromatic carbocycles. The first-order valence-electron chi connectivity index (χ1n) is 5.79. The van der Waals surface area contributed by atoms with Crippen LogP contribution in [-0.4, -0.2) is 24.0 Å². The summed E-state index contributed by atoms with van der Waals surface area (Å²) in [7, 11) is 0. The molecule has 6 nitrogen and oxygen atoms in total. The number of nitro benzene ring substituents is 1. The van der Waals surface area contributed by atoms with E-state index in [0.29, 0.717) is 31.6 Å². The molecule has 0 radical (unpaired) electrons. The van der Waals surface area contributed by atoms with E-state index in [2.05, 4.69) is 0 Å². The zero-order valence-electron chi connectivity index (χ0n) is 10.7. The van der Waals surface area contributed by atoms with Crippen molar-refractivity contribution in [2.24, 2.45) is 5.92 Å². The molecule has 0 amide bonds. The molecular weight excluding hydrogens is 275 g/mol. The van der Waals surface area contributed by atoms with Crippen molar-refractivity contribution in [1.29, 1.82) is 0 Å². The summed E-state index contributed by atoms with van der Waals surface area (Å²) in [5, 5.41) is 21.6. The normalized spacial score (nSPS) is 15.7. The molecule has 1 fully saturated rings. The number of anilines is 1. The molecule has 1 aromatic rings. The zero-order valence-corrected chi connectivity index (χ0v) is 13.9. The molecule has 0 aliphatic carbocycles. The minimum absolute atomic E-state index is 0. The van der Waals surface area contributed by atoms with Gasteiger partial charge in [0, 0.05) is 31.0 Å². The fourth-order valence-electron chi connectivity index (χ4n) is 2.24. The Morgan fingerprint density at radius 1 is 1.26 bits per heavy atom. The standard InChI is InChI=1S/C12H14N2O4.K/c15-12(16)9-5-7-13(8-6-9)10-3-1-2-4-11(10)14(17)18;/h1-4,9H,5-8H2,(H,15,16);/q;+1/p-1. The Labute approximate surface area is 153 Å². The number of nitrogens with zero attached hydrogens (tertiary/aromatic N) is 2. The van der Waals surface area contributed by atoms with Gasteiger partial charge in [0.2, 0.25) is 0 Å². The molecule has 1 aliphatic rings. The van der Waals surface area contributed by atoms with Gasteiger partial charge in [0.25, 0.3) is 5.69 Å². The molecule has 0 bridgehead atoms. The van der Waals surface area contributed by atoms with Crippen LogP contribution in [0.4, 0.5) is 11.4 Å². The first-order valence-corrected chi connectivity index (χ1v) is 5.79. The number of nitro groups is 1. The Morgan fingerprint density at radius 3 is 2.37 bits per heavy atom. The van der Waals surface area contributed by atoms with Gasteiger partial charge < -0.3 is 14.8 Å². The van der Waals surface area contributed by atoms with Gasteiger partial charge in [-0.2, -0.15) is 0 Å². The van der Waals surface area contributed by atoms with Crippen molar-refractivity contribution in [3.63, 3.8) is 0 Å². The quantitative estimate of drug-likeness (QED) is 0.350. The van der Waals surface area contributed by atoms with E-state index in [4.69, 9.17) is 0 Å². The van der Waals surface area contributed by atoms with Crippen LogP contribution in [-0.2, 0) is 4.79 Å². The van der Waals surface area contributed by atoms with Crippen molar-refractivity contribution in [2.45, 2.75) is 12.8 Å². The smallest absolute Gasteiger partial charge is 0.550 e. The Balaban J connectivity index is 0.00000180. The fourth-order valence-corrected chi connectivity index (χ4v) is 2.24. The van der Waals surface area contributed by atoms with Gasteiger partial charge in [-0.15, -0.1) is 0 Å². The zero-order chi connectivity index (χ0) is 13.1. The molecule has 0 unspecified atom stereocenters. The second-order valence-electron chi connectivity index (χ2n) is 4.33. The second-order valence-corrected chi connectivity index (χ2v) is 4.33. The average Bonchev–Trinajstić information content (AvgIpc) is 2.39. The molecule has 0 atom stereocenters. The fraction of sp³-hybridized carbons (Fsp3) is 0.417. The number of para-hydroxylation sites is 2. The van der Waals surface area contributed by atoms with Gasteiger partial charge in [-0.3, -0.25) is 10.1 Å².